The van der Waals surface area contributed by atoms with Crippen LogP contribution in [0, 0.1) is 0 Å². The van der Waals surface area contributed by atoms with Gasteiger partial charge in [-0.1, -0.05) is 34.1 Å². The van der Waals surface area contributed by atoms with Crippen LogP contribution in [0.4, 0.5) is 4.79 Å². The van der Waals surface area contributed by atoms with Crippen molar-refractivity contribution >= 4 is 22.0 Å². The second-order valence-electron chi connectivity index (χ2n) is 3.70. The molecule has 1 aromatic heterocycles. The van der Waals surface area contributed by atoms with Crippen LogP contribution in [0.2, 0.25) is 0 Å². The Morgan fingerprint density at radius 1 is 1.47 bits per heavy atom. The summed E-state index contributed by atoms with van der Waals surface area (Å²) in [5.41, 5.74) is 1.07. The molecule has 0 unspecified atom stereocenters. The summed E-state index contributed by atoms with van der Waals surface area (Å²) < 4.78 is 2.46. The van der Waals surface area contributed by atoms with E-state index in [0.29, 0.717) is 6.54 Å². The van der Waals surface area contributed by atoms with Crippen LogP contribution < -0.4 is 0 Å². The van der Waals surface area contributed by atoms with Crippen molar-refractivity contribution in [3.8, 4) is 0 Å². The van der Waals surface area contributed by atoms with Gasteiger partial charge in [-0.25, -0.2) is 9.78 Å². The fourth-order valence-electron chi connectivity index (χ4n) is 1.52. The average Bonchev–Trinajstić information content (AvgIpc) is 2.84. The number of nitrogens with zero attached hydrogens (tertiary/aromatic N) is 3. The normalized spacial score (nSPS) is 10.2. The summed E-state index contributed by atoms with van der Waals surface area (Å²) in [5.74, 6) is 0. The number of aromatic nitrogens is 2. The van der Waals surface area contributed by atoms with Gasteiger partial charge in [0.15, 0.2) is 0 Å². The SMILES string of the molecule is CN(Cc1ccccc1Br)C(=O)n1ccnc1. The van der Waals surface area contributed by atoms with E-state index in [4.69, 9.17) is 0 Å². The van der Waals surface area contributed by atoms with Gasteiger partial charge in [-0.2, -0.15) is 0 Å². The molecule has 0 aliphatic rings. The van der Waals surface area contributed by atoms with Gasteiger partial charge in [0.25, 0.3) is 0 Å². The van der Waals surface area contributed by atoms with Crippen molar-refractivity contribution < 1.29 is 4.79 Å². The predicted octanol–water partition coefficient (Wildman–Crippen LogP) is 2.75. The zero-order valence-corrected chi connectivity index (χ0v) is 11.0. The second-order valence-corrected chi connectivity index (χ2v) is 4.55. The summed E-state index contributed by atoms with van der Waals surface area (Å²) in [6, 6.07) is 7.76. The van der Waals surface area contributed by atoms with Gasteiger partial charge < -0.3 is 4.90 Å². The Morgan fingerprint density at radius 2 is 2.24 bits per heavy atom. The first-order chi connectivity index (χ1) is 8.18. The molecule has 0 spiro atoms. The maximum atomic E-state index is 12.0. The van der Waals surface area contributed by atoms with E-state index in [-0.39, 0.29) is 6.03 Å². The highest BCUT2D eigenvalue weighted by atomic mass is 79.9. The van der Waals surface area contributed by atoms with Crippen molar-refractivity contribution in [1.82, 2.24) is 14.5 Å². The largest absolute Gasteiger partial charge is 0.329 e. The van der Waals surface area contributed by atoms with Gasteiger partial charge in [-0.3, -0.25) is 4.57 Å². The Morgan fingerprint density at radius 3 is 2.88 bits per heavy atom. The van der Waals surface area contributed by atoms with Crippen molar-refractivity contribution in [2.75, 3.05) is 7.05 Å². The molecule has 0 saturated heterocycles. The molecule has 1 amide bonds. The minimum Gasteiger partial charge on any atom is -0.323 e. The Bertz CT molecular complexity index is 510. The second kappa shape index (κ2) is 5.14. The first kappa shape index (κ1) is 11.9. The number of carbonyl (C=O) groups is 1. The van der Waals surface area contributed by atoms with Gasteiger partial charge in [0, 0.05) is 30.5 Å². The first-order valence-electron chi connectivity index (χ1n) is 5.15. The smallest absolute Gasteiger partial charge is 0.323 e. The van der Waals surface area contributed by atoms with Crippen LogP contribution in [0.3, 0.4) is 0 Å². The highest BCUT2D eigenvalue weighted by Gasteiger charge is 2.11. The number of hydrogen-bond donors (Lipinski definition) is 0. The molecule has 0 bridgehead atoms. The molecule has 1 aromatic carbocycles. The predicted molar refractivity (Wildman–Crippen MR) is 68.6 cm³/mol. The summed E-state index contributed by atoms with van der Waals surface area (Å²) in [4.78, 5) is 17.5. The van der Waals surface area contributed by atoms with Crippen molar-refractivity contribution in [2.24, 2.45) is 0 Å². The van der Waals surface area contributed by atoms with E-state index in [1.807, 2.05) is 24.3 Å². The average molecular weight is 294 g/mol. The number of imidazole rings is 1. The van der Waals surface area contributed by atoms with Gasteiger partial charge in [0.1, 0.15) is 6.33 Å². The lowest BCUT2D eigenvalue weighted by atomic mass is 10.2. The number of benzene rings is 1. The monoisotopic (exact) mass is 293 g/mol. The third kappa shape index (κ3) is 2.74. The molecular weight excluding hydrogens is 282 g/mol. The first-order valence-corrected chi connectivity index (χ1v) is 5.94. The zero-order chi connectivity index (χ0) is 12.3. The summed E-state index contributed by atoms with van der Waals surface area (Å²) >= 11 is 3.47. The highest BCUT2D eigenvalue weighted by Crippen LogP contribution is 2.17. The summed E-state index contributed by atoms with van der Waals surface area (Å²) in [6.45, 7) is 0.554. The lowest BCUT2D eigenvalue weighted by Gasteiger charge is -2.17. The van der Waals surface area contributed by atoms with Gasteiger partial charge in [0.2, 0.25) is 0 Å². The van der Waals surface area contributed by atoms with Gasteiger partial charge in [-0.05, 0) is 11.6 Å². The molecule has 17 heavy (non-hydrogen) atoms. The minimum atomic E-state index is -0.0988. The molecule has 0 aliphatic heterocycles. The molecule has 0 atom stereocenters. The highest BCUT2D eigenvalue weighted by molar-refractivity contribution is 9.10. The molecule has 0 aliphatic carbocycles. The molecular formula is C12H12BrN3O. The van der Waals surface area contributed by atoms with Crippen molar-refractivity contribution in [3.63, 3.8) is 0 Å². The van der Waals surface area contributed by atoms with Crippen LogP contribution in [0.25, 0.3) is 0 Å². The van der Waals surface area contributed by atoms with E-state index in [9.17, 15) is 4.79 Å². The van der Waals surface area contributed by atoms with Crippen LogP contribution in [-0.2, 0) is 6.54 Å². The standard InChI is InChI=1S/C12H12BrN3O/c1-15(12(17)16-7-6-14-9-16)8-10-4-2-3-5-11(10)13/h2-7,9H,8H2,1H3. The van der Waals surface area contributed by atoms with Gasteiger partial charge in [-0.15, -0.1) is 0 Å². The Balaban J connectivity index is 2.10. The summed E-state index contributed by atoms with van der Waals surface area (Å²) in [6.07, 6.45) is 4.72. The Hall–Kier alpha value is -1.62. The number of hydrogen-bond acceptors (Lipinski definition) is 2. The maximum absolute atomic E-state index is 12.0. The summed E-state index contributed by atoms with van der Waals surface area (Å²) in [7, 11) is 1.77. The third-order valence-electron chi connectivity index (χ3n) is 2.42. The molecule has 5 heteroatoms. The third-order valence-corrected chi connectivity index (χ3v) is 3.19. The van der Waals surface area contributed by atoms with Gasteiger partial charge in [0.05, 0.1) is 0 Å². The molecule has 0 N–H and O–H groups in total. The number of carbonyl (C=O) groups excluding carboxylic acids is 1. The van der Waals surface area contributed by atoms with E-state index in [1.165, 1.54) is 10.9 Å². The van der Waals surface area contributed by atoms with Crippen molar-refractivity contribution in [1.29, 1.82) is 0 Å². The van der Waals surface area contributed by atoms with Crippen LogP contribution in [-0.4, -0.2) is 27.5 Å². The van der Waals surface area contributed by atoms with Gasteiger partial charge >= 0.3 is 6.03 Å². The van der Waals surface area contributed by atoms with E-state index in [0.717, 1.165) is 10.0 Å². The number of halogens is 1. The van der Waals surface area contributed by atoms with Crippen molar-refractivity contribution in [2.45, 2.75) is 6.54 Å². The maximum Gasteiger partial charge on any atom is 0.329 e. The van der Waals surface area contributed by atoms with Crippen LogP contribution in [0.15, 0.2) is 47.5 Å². The minimum absolute atomic E-state index is 0.0988. The lowest BCUT2D eigenvalue weighted by molar-refractivity contribution is 0.208. The quantitative estimate of drug-likeness (QED) is 0.854. The molecule has 4 nitrogen and oxygen atoms in total. The fourth-order valence-corrected chi connectivity index (χ4v) is 1.93. The van der Waals surface area contributed by atoms with E-state index >= 15 is 0 Å². The molecule has 2 aromatic rings. The fraction of sp³-hybridized carbons (Fsp3) is 0.167. The van der Waals surface area contributed by atoms with Crippen LogP contribution >= 0.6 is 15.9 Å². The van der Waals surface area contributed by atoms with Crippen LogP contribution in [0.5, 0.6) is 0 Å². The van der Waals surface area contributed by atoms with E-state index in [1.54, 1.807) is 24.3 Å². The van der Waals surface area contributed by atoms with Crippen LogP contribution in [0.1, 0.15) is 5.56 Å². The Kier molecular flexibility index (Phi) is 3.58. The zero-order valence-electron chi connectivity index (χ0n) is 9.38. The molecule has 0 radical (unpaired) electrons. The molecule has 0 fully saturated rings. The molecule has 88 valence electrons. The molecule has 1 heterocycles. The summed E-state index contributed by atoms with van der Waals surface area (Å²) in [5, 5.41) is 0. The molecule has 2 rings (SSSR count). The molecule has 0 saturated carbocycles. The number of rotatable bonds is 2. The Labute approximate surface area is 108 Å². The van der Waals surface area contributed by atoms with Crippen molar-refractivity contribution in [3.05, 3.63) is 53.0 Å². The topological polar surface area (TPSA) is 38.1 Å². The van der Waals surface area contributed by atoms with E-state index in [2.05, 4.69) is 20.9 Å². The number of amides is 1. The lowest BCUT2D eigenvalue weighted by Crippen LogP contribution is -2.29. The van der Waals surface area contributed by atoms with E-state index < -0.39 is 0 Å².